The highest BCUT2D eigenvalue weighted by atomic mass is 16.1. The molecule has 0 N–H and O–H groups in total. The lowest BCUT2D eigenvalue weighted by atomic mass is 9.90. The van der Waals surface area contributed by atoms with E-state index in [-0.39, 0.29) is 5.78 Å². The van der Waals surface area contributed by atoms with Crippen LogP contribution in [0.1, 0.15) is 26.1 Å². The summed E-state index contributed by atoms with van der Waals surface area (Å²) in [7, 11) is 5.66. The zero-order valence-electron chi connectivity index (χ0n) is 10.7. The van der Waals surface area contributed by atoms with E-state index in [1.54, 1.807) is 11.7 Å². The fourth-order valence-electron chi connectivity index (χ4n) is 1.58. The number of aromatic nitrogens is 3. The molecule has 5 heteroatoms. The molecule has 1 unspecified atom stereocenters. The molecular weight excluding hydrogens is 204 g/mol. The van der Waals surface area contributed by atoms with Gasteiger partial charge in [0.2, 0.25) is 0 Å². The van der Waals surface area contributed by atoms with E-state index in [2.05, 4.69) is 10.1 Å². The molecule has 5 nitrogen and oxygen atoms in total. The van der Waals surface area contributed by atoms with Gasteiger partial charge in [0.1, 0.15) is 12.2 Å². The van der Waals surface area contributed by atoms with Crippen LogP contribution in [0.5, 0.6) is 0 Å². The molecule has 0 aliphatic heterocycles. The van der Waals surface area contributed by atoms with Gasteiger partial charge in [0.25, 0.3) is 0 Å². The van der Waals surface area contributed by atoms with Crippen LogP contribution in [0.2, 0.25) is 0 Å². The molecule has 0 saturated carbocycles. The van der Waals surface area contributed by atoms with Gasteiger partial charge in [-0.1, -0.05) is 6.92 Å². The van der Waals surface area contributed by atoms with Gasteiger partial charge in [0.05, 0.1) is 12.0 Å². The van der Waals surface area contributed by atoms with Crippen LogP contribution in [0.25, 0.3) is 0 Å². The van der Waals surface area contributed by atoms with E-state index >= 15 is 0 Å². The summed E-state index contributed by atoms with van der Waals surface area (Å²) < 4.78 is 1.64. The van der Waals surface area contributed by atoms with Crippen LogP contribution in [0.4, 0.5) is 0 Å². The molecule has 1 atom stereocenters. The minimum atomic E-state index is -0.425. The maximum Gasteiger partial charge on any atom is 0.160 e. The van der Waals surface area contributed by atoms with Crippen molar-refractivity contribution in [2.24, 2.45) is 7.05 Å². The van der Waals surface area contributed by atoms with Crippen molar-refractivity contribution in [1.82, 2.24) is 19.7 Å². The fraction of sp³-hybridized carbons (Fsp3) is 0.727. The Hall–Kier alpha value is -1.23. The molecule has 1 rings (SSSR count). The number of ketones is 1. The van der Waals surface area contributed by atoms with Gasteiger partial charge in [-0.3, -0.25) is 14.4 Å². The third-order valence-corrected chi connectivity index (χ3v) is 3.40. The van der Waals surface area contributed by atoms with E-state index in [9.17, 15) is 4.79 Å². The molecular formula is C11H20N4O. The van der Waals surface area contributed by atoms with Crippen molar-refractivity contribution in [3.8, 4) is 0 Å². The molecule has 0 aromatic carbocycles. The number of likely N-dealkylation sites (N-methyl/N-ethyl adjacent to an activating group) is 1. The molecule has 16 heavy (non-hydrogen) atoms. The number of hydrogen-bond donors (Lipinski definition) is 0. The monoisotopic (exact) mass is 224 g/mol. The number of hydrogen-bond acceptors (Lipinski definition) is 4. The van der Waals surface area contributed by atoms with Gasteiger partial charge in [0, 0.05) is 7.05 Å². The fourth-order valence-corrected chi connectivity index (χ4v) is 1.58. The van der Waals surface area contributed by atoms with Crippen LogP contribution < -0.4 is 0 Å². The second-order valence-corrected chi connectivity index (χ2v) is 4.42. The van der Waals surface area contributed by atoms with Gasteiger partial charge >= 0.3 is 0 Å². The van der Waals surface area contributed by atoms with Crippen molar-refractivity contribution in [3.63, 3.8) is 0 Å². The third kappa shape index (κ3) is 2.29. The average Bonchev–Trinajstić information content (AvgIpc) is 2.62. The standard InChI is InChI=1S/C11H20N4O/c1-6-11(2,14(3)4)9(16)7-10-12-8-13-15(10)5/h8H,6-7H2,1-5H3. The van der Waals surface area contributed by atoms with Crippen LogP contribution in [0.15, 0.2) is 6.33 Å². The zero-order valence-corrected chi connectivity index (χ0v) is 10.7. The van der Waals surface area contributed by atoms with Crippen molar-refractivity contribution in [3.05, 3.63) is 12.2 Å². The van der Waals surface area contributed by atoms with Crippen molar-refractivity contribution in [2.75, 3.05) is 14.1 Å². The highest BCUT2D eigenvalue weighted by Gasteiger charge is 2.33. The lowest BCUT2D eigenvalue weighted by Crippen LogP contribution is -2.49. The van der Waals surface area contributed by atoms with Crippen molar-refractivity contribution in [1.29, 1.82) is 0 Å². The number of carbonyl (C=O) groups is 1. The summed E-state index contributed by atoms with van der Waals surface area (Å²) in [6.07, 6.45) is 2.59. The Bertz CT molecular complexity index is 372. The Balaban J connectivity index is 2.83. The lowest BCUT2D eigenvalue weighted by molar-refractivity contribution is -0.128. The van der Waals surface area contributed by atoms with E-state index in [0.29, 0.717) is 12.2 Å². The Morgan fingerprint density at radius 2 is 2.19 bits per heavy atom. The minimum absolute atomic E-state index is 0.177. The first kappa shape index (κ1) is 12.8. The van der Waals surface area contributed by atoms with Crippen LogP contribution in [0.3, 0.4) is 0 Å². The van der Waals surface area contributed by atoms with Crippen molar-refractivity contribution < 1.29 is 4.79 Å². The number of rotatable bonds is 5. The van der Waals surface area contributed by atoms with E-state index in [1.807, 2.05) is 32.8 Å². The summed E-state index contributed by atoms with van der Waals surface area (Å²) in [5.41, 5.74) is -0.425. The van der Waals surface area contributed by atoms with Gasteiger partial charge < -0.3 is 0 Å². The second kappa shape index (κ2) is 4.74. The van der Waals surface area contributed by atoms with Gasteiger partial charge in [0.15, 0.2) is 5.78 Å². The predicted octanol–water partition coefficient (Wildman–Crippen LogP) is 0.657. The number of Topliss-reactive ketones (excluding diaryl/α,β-unsaturated/α-hetero) is 1. The van der Waals surface area contributed by atoms with E-state index < -0.39 is 5.54 Å². The van der Waals surface area contributed by atoms with E-state index in [0.717, 1.165) is 6.42 Å². The van der Waals surface area contributed by atoms with Crippen LogP contribution in [0, 0.1) is 0 Å². The summed E-state index contributed by atoms with van der Waals surface area (Å²) in [6, 6.07) is 0. The van der Waals surface area contributed by atoms with Crippen LogP contribution in [-0.2, 0) is 18.3 Å². The molecule has 1 aromatic heterocycles. The summed E-state index contributed by atoms with van der Waals surface area (Å²) in [6.45, 7) is 3.99. The normalized spacial score (nSPS) is 15.1. The van der Waals surface area contributed by atoms with Gasteiger partial charge in [-0.15, -0.1) is 0 Å². The molecule has 0 aliphatic carbocycles. The zero-order chi connectivity index (χ0) is 12.3. The van der Waals surface area contributed by atoms with E-state index in [1.165, 1.54) is 6.33 Å². The molecule has 0 spiro atoms. The smallest absolute Gasteiger partial charge is 0.160 e. The van der Waals surface area contributed by atoms with Gasteiger partial charge in [-0.05, 0) is 27.4 Å². The molecule has 0 aliphatic rings. The Morgan fingerprint density at radius 3 is 2.56 bits per heavy atom. The predicted molar refractivity (Wildman–Crippen MR) is 62.1 cm³/mol. The molecule has 1 aromatic rings. The molecule has 0 amide bonds. The molecule has 0 bridgehead atoms. The summed E-state index contributed by atoms with van der Waals surface area (Å²) in [5.74, 6) is 0.891. The number of aryl methyl sites for hydroxylation is 1. The van der Waals surface area contributed by atoms with Crippen molar-refractivity contribution in [2.45, 2.75) is 32.2 Å². The van der Waals surface area contributed by atoms with Crippen LogP contribution >= 0.6 is 0 Å². The maximum atomic E-state index is 12.2. The Kier molecular flexibility index (Phi) is 3.80. The first-order valence-electron chi connectivity index (χ1n) is 5.45. The molecule has 90 valence electrons. The Labute approximate surface area is 96.5 Å². The highest BCUT2D eigenvalue weighted by Crippen LogP contribution is 2.19. The van der Waals surface area contributed by atoms with E-state index in [4.69, 9.17) is 0 Å². The van der Waals surface area contributed by atoms with Crippen LogP contribution in [-0.4, -0.2) is 45.1 Å². The highest BCUT2D eigenvalue weighted by molar-refractivity contribution is 5.89. The SMILES string of the molecule is CCC(C)(C(=O)Cc1ncnn1C)N(C)C. The number of carbonyl (C=O) groups excluding carboxylic acids is 1. The lowest BCUT2D eigenvalue weighted by Gasteiger charge is -2.33. The van der Waals surface area contributed by atoms with Crippen molar-refractivity contribution >= 4 is 5.78 Å². The topological polar surface area (TPSA) is 51.0 Å². The Morgan fingerprint density at radius 1 is 1.56 bits per heavy atom. The maximum absolute atomic E-state index is 12.2. The molecule has 0 fully saturated rings. The summed E-state index contributed by atoms with van der Waals surface area (Å²) in [5, 5.41) is 3.96. The summed E-state index contributed by atoms with van der Waals surface area (Å²) >= 11 is 0. The minimum Gasteiger partial charge on any atom is -0.297 e. The number of nitrogens with zero attached hydrogens (tertiary/aromatic N) is 4. The summed E-state index contributed by atoms with van der Waals surface area (Å²) in [4.78, 5) is 18.3. The largest absolute Gasteiger partial charge is 0.297 e. The first-order chi connectivity index (χ1) is 7.41. The van der Waals surface area contributed by atoms with Gasteiger partial charge in [-0.2, -0.15) is 5.10 Å². The van der Waals surface area contributed by atoms with Gasteiger partial charge in [-0.25, -0.2) is 4.98 Å². The first-order valence-corrected chi connectivity index (χ1v) is 5.45. The second-order valence-electron chi connectivity index (χ2n) is 4.42. The quantitative estimate of drug-likeness (QED) is 0.737. The third-order valence-electron chi connectivity index (χ3n) is 3.40. The molecule has 0 saturated heterocycles. The average molecular weight is 224 g/mol. The molecule has 0 radical (unpaired) electrons. The molecule has 1 heterocycles.